The van der Waals surface area contributed by atoms with Crippen LogP contribution >= 0.6 is 0 Å². The molecule has 2 aromatic rings. The summed E-state index contributed by atoms with van der Waals surface area (Å²) in [5.74, 6) is 0.747. The molecule has 3 heterocycles. The maximum Gasteiger partial charge on any atom is 0.290 e. The predicted octanol–water partition coefficient (Wildman–Crippen LogP) is 2.79. The van der Waals surface area contributed by atoms with Crippen molar-refractivity contribution in [2.24, 2.45) is 11.8 Å². The van der Waals surface area contributed by atoms with Crippen molar-refractivity contribution in [1.29, 1.82) is 0 Å². The monoisotopic (exact) mass is 513 g/mol. The standard InChI is InChI=1S/C28H43N5O4/c1-21(2)20-33(23-17-22(18-29-19-23)27(34)31-11-8-15-37-16-13-31)28(35)26-30-24-9-4-5-10-25(24)32(26)12-6-7-14-36-3/h4-5,9-10,21-23,29H,6-8,11-20H2,1-3H3/t22-,23+/m1/s1. The molecule has 4 rings (SSSR count). The molecule has 2 fully saturated rings. The number of amides is 2. The molecule has 0 aliphatic carbocycles. The molecule has 0 bridgehead atoms. The lowest BCUT2D eigenvalue weighted by atomic mass is 9.92. The number of piperidine rings is 1. The first kappa shape index (κ1) is 27.5. The highest BCUT2D eigenvalue weighted by Crippen LogP contribution is 2.24. The van der Waals surface area contributed by atoms with Crippen LogP contribution in [-0.2, 0) is 20.8 Å². The minimum Gasteiger partial charge on any atom is -0.385 e. The van der Waals surface area contributed by atoms with Gasteiger partial charge in [0.2, 0.25) is 5.91 Å². The number of hydrogen-bond acceptors (Lipinski definition) is 6. The lowest BCUT2D eigenvalue weighted by molar-refractivity contribution is -0.136. The molecule has 2 atom stereocenters. The van der Waals surface area contributed by atoms with Crippen LogP contribution in [0.3, 0.4) is 0 Å². The molecule has 0 unspecified atom stereocenters. The number of unbranched alkanes of at least 4 members (excludes halogenated alkanes) is 1. The van der Waals surface area contributed by atoms with Gasteiger partial charge < -0.3 is 29.2 Å². The molecule has 1 aromatic carbocycles. The van der Waals surface area contributed by atoms with E-state index in [1.807, 2.05) is 34.1 Å². The van der Waals surface area contributed by atoms with Crippen LogP contribution in [0.1, 0.15) is 50.1 Å². The quantitative estimate of drug-likeness (QED) is 0.492. The van der Waals surface area contributed by atoms with Crippen molar-refractivity contribution in [3.05, 3.63) is 30.1 Å². The molecule has 1 aromatic heterocycles. The number of methoxy groups -OCH3 is 1. The fourth-order valence-electron chi connectivity index (χ4n) is 5.47. The number of rotatable bonds is 10. The van der Waals surface area contributed by atoms with E-state index in [2.05, 4.69) is 23.7 Å². The molecule has 0 spiro atoms. The highest BCUT2D eigenvalue weighted by Gasteiger charge is 2.36. The van der Waals surface area contributed by atoms with Crippen LogP contribution in [0.2, 0.25) is 0 Å². The second kappa shape index (κ2) is 13.3. The van der Waals surface area contributed by atoms with Crippen molar-refractivity contribution in [1.82, 2.24) is 24.7 Å². The van der Waals surface area contributed by atoms with Crippen LogP contribution in [0.15, 0.2) is 24.3 Å². The molecule has 2 aliphatic heterocycles. The number of carbonyl (C=O) groups excluding carboxylic acids is 2. The smallest absolute Gasteiger partial charge is 0.290 e. The minimum atomic E-state index is -0.146. The normalized spacial score (nSPS) is 20.8. The first-order chi connectivity index (χ1) is 18.0. The third-order valence-electron chi connectivity index (χ3n) is 7.30. The molecule has 2 aliphatic rings. The van der Waals surface area contributed by atoms with E-state index < -0.39 is 0 Å². The van der Waals surface area contributed by atoms with Gasteiger partial charge in [0, 0.05) is 65.6 Å². The Kier molecular flexibility index (Phi) is 9.94. The third-order valence-corrected chi connectivity index (χ3v) is 7.30. The van der Waals surface area contributed by atoms with E-state index in [0.29, 0.717) is 70.7 Å². The predicted molar refractivity (Wildman–Crippen MR) is 143 cm³/mol. The van der Waals surface area contributed by atoms with Crippen molar-refractivity contribution >= 4 is 22.8 Å². The number of hydrogen-bond donors (Lipinski definition) is 1. The molecule has 2 amide bonds. The van der Waals surface area contributed by atoms with Gasteiger partial charge in [-0.05, 0) is 43.7 Å². The molecular formula is C28H43N5O4. The van der Waals surface area contributed by atoms with E-state index in [-0.39, 0.29) is 23.8 Å². The lowest BCUT2D eigenvalue weighted by Crippen LogP contribution is -2.55. The fraction of sp³-hybridized carbons (Fsp3) is 0.679. The van der Waals surface area contributed by atoms with E-state index >= 15 is 0 Å². The molecule has 9 nitrogen and oxygen atoms in total. The van der Waals surface area contributed by atoms with Crippen molar-refractivity contribution in [2.75, 3.05) is 59.7 Å². The number of imidazole rings is 1. The van der Waals surface area contributed by atoms with Gasteiger partial charge in [0.1, 0.15) is 0 Å². The Morgan fingerprint density at radius 3 is 2.84 bits per heavy atom. The first-order valence-electron chi connectivity index (χ1n) is 13.8. The number of para-hydroxylation sites is 2. The zero-order chi connectivity index (χ0) is 26.2. The number of aryl methyl sites for hydroxylation is 1. The second-order valence-electron chi connectivity index (χ2n) is 10.7. The van der Waals surface area contributed by atoms with E-state index in [4.69, 9.17) is 14.5 Å². The summed E-state index contributed by atoms with van der Waals surface area (Å²) in [6.07, 6.45) is 3.35. The Morgan fingerprint density at radius 2 is 2.03 bits per heavy atom. The maximum absolute atomic E-state index is 14.2. The van der Waals surface area contributed by atoms with Crippen LogP contribution in [0.5, 0.6) is 0 Å². The van der Waals surface area contributed by atoms with Crippen molar-refractivity contribution in [3.63, 3.8) is 0 Å². The highest BCUT2D eigenvalue weighted by molar-refractivity contribution is 5.95. The number of benzene rings is 1. The third kappa shape index (κ3) is 6.89. The Balaban J connectivity index is 1.56. The minimum absolute atomic E-state index is 0.0558. The van der Waals surface area contributed by atoms with Crippen LogP contribution in [0.25, 0.3) is 11.0 Å². The Morgan fingerprint density at radius 1 is 1.19 bits per heavy atom. The first-order valence-corrected chi connectivity index (χ1v) is 13.8. The van der Waals surface area contributed by atoms with E-state index in [1.165, 1.54) is 0 Å². The molecule has 9 heteroatoms. The van der Waals surface area contributed by atoms with Gasteiger partial charge in [-0.15, -0.1) is 0 Å². The average Bonchev–Trinajstić information content (AvgIpc) is 3.07. The number of fused-ring (bicyclic) bond motifs is 1. The number of ether oxygens (including phenoxy) is 2. The van der Waals surface area contributed by atoms with Crippen molar-refractivity contribution < 1.29 is 19.1 Å². The van der Waals surface area contributed by atoms with Crippen LogP contribution < -0.4 is 5.32 Å². The summed E-state index contributed by atoms with van der Waals surface area (Å²) >= 11 is 0. The van der Waals surface area contributed by atoms with Gasteiger partial charge in [0.15, 0.2) is 5.82 Å². The molecule has 2 saturated heterocycles. The number of aromatic nitrogens is 2. The van der Waals surface area contributed by atoms with Crippen LogP contribution in [-0.4, -0.2) is 96.9 Å². The van der Waals surface area contributed by atoms with E-state index in [0.717, 1.165) is 36.8 Å². The molecule has 1 N–H and O–H groups in total. The second-order valence-corrected chi connectivity index (χ2v) is 10.7. The number of carbonyl (C=O) groups is 2. The van der Waals surface area contributed by atoms with Crippen molar-refractivity contribution in [2.45, 2.75) is 52.1 Å². The van der Waals surface area contributed by atoms with E-state index in [1.54, 1.807) is 7.11 Å². The topological polar surface area (TPSA) is 88.9 Å². The summed E-state index contributed by atoms with van der Waals surface area (Å²) in [4.78, 5) is 36.3. The molecular weight excluding hydrogens is 470 g/mol. The van der Waals surface area contributed by atoms with Gasteiger partial charge in [-0.25, -0.2) is 4.98 Å². The summed E-state index contributed by atoms with van der Waals surface area (Å²) in [7, 11) is 1.71. The molecule has 0 radical (unpaired) electrons. The lowest BCUT2D eigenvalue weighted by Gasteiger charge is -2.39. The summed E-state index contributed by atoms with van der Waals surface area (Å²) in [5.41, 5.74) is 1.81. The highest BCUT2D eigenvalue weighted by atomic mass is 16.5. The maximum atomic E-state index is 14.2. The zero-order valence-electron chi connectivity index (χ0n) is 22.7. The van der Waals surface area contributed by atoms with Crippen LogP contribution in [0.4, 0.5) is 0 Å². The summed E-state index contributed by atoms with van der Waals surface area (Å²) in [6.45, 7) is 10.3. The molecule has 0 saturated carbocycles. The largest absolute Gasteiger partial charge is 0.385 e. The Labute approximate surface area is 220 Å². The van der Waals surface area contributed by atoms with Gasteiger partial charge >= 0.3 is 0 Å². The summed E-state index contributed by atoms with van der Waals surface area (Å²) in [5, 5.41) is 3.46. The number of nitrogens with one attached hydrogen (secondary N) is 1. The molecule has 204 valence electrons. The number of nitrogens with zero attached hydrogens (tertiary/aromatic N) is 4. The van der Waals surface area contributed by atoms with Gasteiger partial charge in [0.25, 0.3) is 5.91 Å². The van der Waals surface area contributed by atoms with Gasteiger partial charge in [-0.3, -0.25) is 9.59 Å². The Bertz CT molecular complexity index is 1030. The zero-order valence-corrected chi connectivity index (χ0v) is 22.7. The van der Waals surface area contributed by atoms with Crippen LogP contribution in [0, 0.1) is 11.8 Å². The van der Waals surface area contributed by atoms with Gasteiger partial charge in [0.05, 0.1) is 23.6 Å². The SMILES string of the molecule is COCCCCn1c(C(=O)N(CC(C)C)[C@@H]2CNC[C@H](C(=O)N3CCCOCC3)C2)nc2ccccc21. The summed E-state index contributed by atoms with van der Waals surface area (Å²) < 4.78 is 12.8. The van der Waals surface area contributed by atoms with Gasteiger partial charge in [-0.1, -0.05) is 26.0 Å². The van der Waals surface area contributed by atoms with E-state index in [9.17, 15) is 9.59 Å². The Hall–Kier alpha value is -2.49. The average molecular weight is 514 g/mol. The van der Waals surface area contributed by atoms with Gasteiger partial charge in [-0.2, -0.15) is 0 Å². The molecule has 37 heavy (non-hydrogen) atoms. The summed E-state index contributed by atoms with van der Waals surface area (Å²) in [6, 6.07) is 7.88. The van der Waals surface area contributed by atoms with Crippen molar-refractivity contribution in [3.8, 4) is 0 Å². The fourth-order valence-corrected chi connectivity index (χ4v) is 5.47.